The lowest BCUT2D eigenvalue weighted by atomic mass is 10.3. The van der Waals surface area contributed by atoms with Gasteiger partial charge in [-0.3, -0.25) is 0 Å². The first-order chi connectivity index (χ1) is 6.38. The summed E-state index contributed by atoms with van der Waals surface area (Å²) in [7, 11) is 0. The van der Waals surface area contributed by atoms with Gasteiger partial charge in [0.2, 0.25) is 0 Å². The van der Waals surface area contributed by atoms with Crippen LogP contribution in [0.4, 0.5) is 0 Å². The lowest BCUT2D eigenvalue weighted by Gasteiger charge is -2.03. The van der Waals surface area contributed by atoms with E-state index in [4.69, 9.17) is 10.2 Å². The Hall–Kier alpha value is -0.580. The first kappa shape index (κ1) is 10.5. The van der Waals surface area contributed by atoms with Crippen molar-refractivity contribution < 1.29 is 10.2 Å². The van der Waals surface area contributed by atoms with Crippen molar-refractivity contribution in [2.45, 2.75) is 18.1 Å². The lowest BCUT2D eigenvalue weighted by Crippen LogP contribution is -1.92. The van der Waals surface area contributed by atoms with Gasteiger partial charge in [-0.2, -0.15) is 0 Å². The number of rotatable bonds is 5. The second-order valence-corrected chi connectivity index (χ2v) is 3.64. The number of aliphatic hydroxyl groups is 2. The summed E-state index contributed by atoms with van der Waals surface area (Å²) in [5.74, 6) is 0.834. The van der Waals surface area contributed by atoms with E-state index in [2.05, 4.69) is 4.98 Å². The van der Waals surface area contributed by atoms with Gasteiger partial charge in [-0.15, -0.1) is 11.8 Å². The van der Waals surface area contributed by atoms with Crippen LogP contribution >= 0.6 is 11.8 Å². The Balaban J connectivity index is 2.54. The molecule has 1 rings (SSSR count). The summed E-state index contributed by atoms with van der Waals surface area (Å²) in [6.07, 6.45) is 2.46. The van der Waals surface area contributed by atoms with E-state index < -0.39 is 0 Å². The van der Waals surface area contributed by atoms with Crippen LogP contribution in [-0.2, 0) is 6.61 Å². The van der Waals surface area contributed by atoms with Crippen molar-refractivity contribution in [2.75, 3.05) is 12.4 Å². The van der Waals surface area contributed by atoms with Crippen LogP contribution in [0.3, 0.4) is 0 Å². The molecule has 1 aromatic rings. The van der Waals surface area contributed by atoms with Crippen LogP contribution in [0.25, 0.3) is 0 Å². The van der Waals surface area contributed by atoms with E-state index in [0.29, 0.717) is 0 Å². The monoisotopic (exact) mass is 199 g/mol. The molecule has 3 nitrogen and oxygen atoms in total. The molecule has 72 valence electrons. The summed E-state index contributed by atoms with van der Waals surface area (Å²) >= 11 is 1.57. The van der Waals surface area contributed by atoms with E-state index in [9.17, 15) is 0 Å². The van der Waals surface area contributed by atoms with Crippen LogP contribution in [-0.4, -0.2) is 27.6 Å². The van der Waals surface area contributed by atoms with Gasteiger partial charge in [-0.1, -0.05) is 6.07 Å². The van der Waals surface area contributed by atoms with Crippen LogP contribution in [0.5, 0.6) is 0 Å². The third-order valence-corrected chi connectivity index (χ3v) is 2.70. The van der Waals surface area contributed by atoms with Crippen molar-refractivity contribution in [3.63, 3.8) is 0 Å². The molecular weight excluding hydrogens is 186 g/mol. The van der Waals surface area contributed by atoms with Crippen molar-refractivity contribution >= 4 is 11.8 Å². The van der Waals surface area contributed by atoms with Gasteiger partial charge in [0.1, 0.15) is 5.03 Å². The van der Waals surface area contributed by atoms with Gasteiger partial charge >= 0.3 is 0 Å². The van der Waals surface area contributed by atoms with Crippen LogP contribution < -0.4 is 0 Å². The lowest BCUT2D eigenvalue weighted by molar-refractivity contribution is 0.278. The summed E-state index contributed by atoms with van der Waals surface area (Å²) < 4.78 is 0. The Morgan fingerprint density at radius 1 is 1.38 bits per heavy atom. The maximum absolute atomic E-state index is 8.97. The molecule has 0 aliphatic heterocycles. The zero-order chi connectivity index (χ0) is 9.52. The molecule has 0 aromatic carbocycles. The van der Waals surface area contributed by atoms with E-state index in [-0.39, 0.29) is 13.2 Å². The number of hydrogen-bond donors (Lipinski definition) is 2. The average Bonchev–Trinajstić information content (AvgIpc) is 2.19. The summed E-state index contributed by atoms with van der Waals surface area (Å²) in [4.78, 5) is 4.14. The zero-order valence-electron chi connectivity index (χ0n) is 7.31. The minimum Gasteiger partial charge on any atom is -0.396 e. The third-order valence-electron chi connectivity index (χ3n) is 1.56. The summed E-state index contributed by atoms with van der Waals surface area (Å²) in [5.41, 5.74) is 0.852. The number of hydrogen-bond acceptors (Lipinski definition) is 4. The molecule has 0 aliphatic carbocycles. The van der Waals surface area contributed by atoms with E-state index >= 15 is 0 Å². The normalized spacial score (nSPS) is 10.3. The largest absolute Gasteiger partial charge is 0.396 e. The molecule has 0 saturated carbocycles. The number of aromatic nitrogens is 1. The first-order valence-corrected chi connectivity index (χ1v) is 5.15. The fourth-order valence-electron chi connectivity index (χ4n) is 0.908. The minimum atomic E-state index is 0.0231. The second kappa shape index (κ2) is 5.96. The van der Waals surface area contributed by atoms with Crippen molar-refractivity contribution in [3.05, 3.63) is 23.9 Å². The minimum absolute atomic E-state index is 0.0231. The highest BCUT2D eigenvalue weighted by molar-refractivity contribution is 7.99. The van der Waals surface area contributed by atoms with E-state index in [1.807, 2.05) is 12.1 Å². The van der Waals surface area contributed by atoms with Gasteiger partial charge in [-0.25, -0.2) is 4.98 Å². The molecule has 2 N–H and O–H groups in total. The van der Waals surface area contributed by atoms with Crippen molar-refractivity contribution in [2.24, 2.45) is 0 Å². The van der Waals surface area contributed by atoms with Gasteiger partial charge < -0.3 is 10.2 Å². The summed E-state index contributed by atoms with van der Waals surface area (Å²) in [6, 6.07) is 3.66. The summed E-state index contributed by atoms with van der Waals surface area (Å²) in [6.45, 7) is 0.226. The topological polar surface area (TPSA) is 53.4 Å². The van der Waals surface area contributed by atoms with E-state index in [1.165, 1.54) is 0 Å². The number of aliphatic hydroxyl groups excluding tert-OH is 2. The summed E-state index contributed by atoms with van der Waals surface area (Å²) in [5, 5.41) is 18.4. The Kier molecular flexibility index (Phi) is 4.82. The highest BCUT2D eigenvalue weighted by Gasteiger charge is 2.01. The first-order valence-electron chi connectivity index (χ1n) is 4.17. The molecule has 0 fully saturated rings. The second-order valence-electron chi connectivity index (χ2n) is 2.55. The molecule has 0 aliphatic rings. The van der Waals surface area contributed by atoms with Crippen LogP contribution in [0.15, 0.2) is 23.4 Å². The fourth-order valence-corrected chi connectivity index (χ4v) is 1.83. The maximum atomic E-state index is 8.97. The Bertz CT molecular complexity index is 255. The third kappa shape index (κ3) is 3.34. The van der Waals surface area contributed by atoms with Crippen molar-refractivity contribution in [1.29, 1.82) is 0 Å². The predicted molar refractivity (Wildman–Crippen MR) is 52.6 cm³/mol. The Labute approximate surface area is 81.8 Å². The molecule has 0 amide bonds. The van der Waals surface area contributed by atoms with Gasteiger partial charge in [0.05, 0.1) is 6.61 Å². The average molecular weight is 199 g/mol. The Morgan fingerprint density at radius 3 is 2.92 bits per heavy atom. The molecular formula is C9H13NO2S. The molecule has 1 aromatic heterocycles. The Morgan fingerprint density at radius 2 is 2.23 bits per heavy atom. The molecule has 0 radical (unpaired) electrons. The standard InChI is InChI=1S/C9H13NO2S/c11-5-2-6-13-9-8(7-12)3-1-4-10-9/h1,3-4,11-12H,2,5-7H2. The van der Waals surface area contributed by atoms with Crippen LogP contribution in [0.2, 0.25) is 0 Å². The number of thioether (sulfide) groups is 1. The smallest absolute Gasteiger partial charge is 0.101 e. The van der Waals surface area contributed by atoms with Crippen molar-refractivity contribution in [1.82, 2.24) is 4.98 Å². The molecule has 4 heteroatoms. The highest BCUT2D eigenvalue weighted by atomic mass is 32.2. The van der Waals surface area contributed by atoms with Gasteiger partial charge in [0.15, 0.2) is 0 Å². The molecule has 0 spiro atoms. The number of nitrogens with zero attached hydrogens (tertiary/aromatic N) is 1. The zero-order valence-corrected chi connectivity index (χ0v) is 8.13. The molecule has 13 heavy (non-hydrogen) atoms. The molecule has 0 saturated heterocycles. The van der Waals surface area contributed by atoms with Gasteiger partial charge in [0.25, 0.3) is 0 Å². The molecule has 0 bridgehead atoms. The SMILES string of the molecule is OCCCSc1ncccc1CO. The molecule has 0 atom stereocenters. The van der Waals surface area contributed by atoms with Crippen LogP contribution in [0, 0.1) is 0 Å². The molecule has 1 heterocycles. The fraction of sp³-hybridized carbons (Fsp3) is 0.444. The van der Waals surface area contributed by atoms with Gasteiger partial charge in [0, 0.05) is 24.1 Å². The number of pyridine rings is 1. The predicted octanol–water partition coefficient (Wildman–Crippen LogP) is 1.05. The maximum Gasteiger partial charge on any atom is 0.101 e. The van der Waals surface area contributed by atoms with Crippen LogP contribution in [0.1, 0.15) is 12.0 Å². The van der Waals surface area contributed by atoms with Gasteiger partial charge in [-0.05, 0) is 12.5 Å². The van der Waals surface area contributed by atoms with E-state index in [1.54, 1.807) is 18.0 Å². The quantitative estimate of drug-likeness (QED) is 0.550. The molecule has 0 unspecified atom stereocenters. The highest BCUT2D eigenvalue weighted by Crippen LogP contribution is 2.20. The van der Waals surface area contributed by atoms with E-state index in [0.717, 1.165) is 22.8 Å². The van der Waals surface area contributed by atoms with Crippen molar-refractivity contribution in [3.8, 4) is 0 Å².